The number of aliphatic hydroxyl groups is 1. The van der Waals surface area contributed by atoms with Crippen LogP contribution >= 0.6 is 15.9 Å². The Bertz CT molecular complexity index is 222. The predicted molar refractivity (Wildman–Crippen MR) is 41.5 cm³/mol. The van der Waals surface area contributed by atoms with Crippen molar-refractivity contribution in [1.29, 1.82) is 0 Å². The van der Waals surface area contributed by atoms with Gasteiger partial charge in [0.05, 0.1) is 23.0 Å². The summed E-state index contributed by atoms with van der Waals surface area (Å²) in [6, 6.07) is 0. The molecule has 4 heteroatoms. The molecule has 0 unspecified atom stereocenters. The van der Waals surface area contributed by atoms with Gasteiger partial charge in [0.25, 0.3) is 0 Å². The van der Waals surface area contributed by atoms with E-state index < -0.39 is 0 Å². The molecule has 0 aromatic carbocycles. The summed E-state index contributed by atoms with van der Waals surface area (Å²) >= 11 is 3.27. The Morgan fingerprint density at radius 2 is 2.50 bits per heavy atom. The van der Waals surface area contributed by atoms with Gasteiger partial charge in [-0.2, -0.15) is 5.10 Å². The molecule has 0 saturated heterocycles. The highest BCUT2D eigenvalue weighted by Gasteiger charge is 2.03. The number of hydrogen-bond acceptors (Lipinski definition) is 2. The minimum atomic E-state index is 0.0361. The van der Waals surface area contributed by atoms with E-state index >= 15 is 0 Å². The Morgan fingerprint density at radius 1 is 1.80 bits per heavy atom. The van der Waals surface area contributed by atoms with Crippen molar-refractivity contribution in [3.63, 3.8) is 0 Å². The second-order valence-electron chi connectivity index (χ2n) is 1.91. The third-order valence-corrected chi connectivity index (χ3v) is 2.01. The molecule has 1 rings (SSSR count). The van der Waals surface area contributed by atoms with E-state index in [0.717, 1.165) is 16.7 Å². The first-order valence-electron chi connectivity index (χ1n) is 3.10. The second-order valence-corrected chi connectivity index (χ2v) is 2.77. The Morgan fingerprint density at radius 3 is 2.90 bits per heavy atom. The number of nitrogens with zero attached hydrogens (tertiary/aromatic N) is 2. The van der Waals surface area contributed by atoms with Crippen LogP contribution in [0.2, 0.25) is 0 Å². The zero-order chi connectivity index (χ0) is 7.56. The van der Waals surface area contributed by atoms with Gasteiger partial charge in [0.2, 0.25) is 0 Å². The molecular weight excluding hydrogens is 196 g/mol. The van der Waals surface area contributed by atoms with Crippen LogP contribution in [0.1, 0.15) is 12.6 Å². The van der Waals surface area contributed by atoms with Crippen LogP contribution in [0, 0.1) is 0 Å². The summed E-state index contributed by atoms with van der Waals surface area (Å²) in [7, 11) is 0. The molecule has 0 aliphatic heterocycles. The maximum atomic E-state index is 8.83. The maximum Gasteiger partial charge on any atom is 0.0861 e. The quantitative estimate of drug-likeness (QED) is 0.786. The number of hydrogen-bond donors (Lipinski definition) is 1. The third-order valence-electron chi connectivity index (χ3n) is 1.35. The van der Waals surface area contributed by atoms with E-state index in [1.165, 1.54) is 0 Å². The monoisotopic (exact) mass is 204 g/mol. The summed E-state index contributed by atoms with van der Waals surface area (Å²) in [6.07, 6.45) is 1.69. The first kappa shape index (κ1) is 7.75. The molecule has 1 aromatic heterocycles. The van der Waals surface area contributed by atoms with Crippen molar-refractivity contribution in [1.82, 2.24) is 9.78 Å². The van der Waals surface area contributed by atoms with Crippen LogP contribution in [-0.2, 0) is 13.2 Å². The lowest BCUT2D eigenvalue weighted by atomic mass is 10.4. The molecule has 0 fully saturated rings. The van der Waals surface area contributed by atoms with Crippen molar-refractivity contribution in [3.8, 4) is 0 Å². The molecule has 1 heterocycles. The van der Waals surface area contributed by atoms with Crippen molar-refractivity contribution in [2.75, 3.05) is 0 Å². The van der Waals surface area contributed by atoms with E-state index in [9.17, 15) is 0 Å². The van der Waals surface area contributed by atoms with Gasteiger partial charge in [0.15, 0.2) is 0 Å². The predicted octanol–water partition coefficient (Wildman–Crippen LogP) is 1.16. The van der Waals surface area contributed by atoms with E-state index in [2.05, 4.69) is 21.0 Å². The topological polar surface area (TPSA) is 38.0 Å². The molecule has 0 aliphatic carbocycles. The van der Waals surface area contributed by atoms with Crippen LogP contribution in [0.5, 0.6) is 0 Å². The Labute approximate surface area is 67.8 Å². The second kappa shape index (κ2) is 3.16. The first-order valence-corrected chi connectivity index (χ1v) is 3.90. The average Bonchev–Trinajstić information content (AvgIpc) is 2.30. The zero-order valence-electron chi connectivity index (χ0n) is 5.71. The van der Waals surface area contributed by atoms with Gasteiger partial charge < -0.3 is 5.11 Å². The zero-order valence-corrected chi connectivity index (χ0v) is 7.30. The fourth-order valence-electron chi connectivity index (χ4n) is 0.818. The molecule has 0 radical (unpaired) electrons. The average molecular weight is 205 g/mol. The van der Waals surface area contributed by atoms with Gasteiger partial charge in [0, 0.05) is 6.54 Å². The number of rotatable bonds is 2. The lowest BCUT2D eigenvalue weighted by molar-refractivity contribution is 0.267. The summed E-state index contributed by atoms with van der Waals surface area (Å²) in [6.45, 7) is 2.81. The molecule has 3 nitrogen and oxygen atoms in total. The van der Waals surface area contributed by atoms with E-state index in [0.29, 0.717) is 0 Å². The first-order chi connectivity index (χ1) is 4.79. The lowest BCUT2D eigenvalue weighted by Gasteiger charge is -1.99. The molecule has 10 heavy (non-hydrogen) atoms. The van der Waals surface area contributed by atoms with E-state index in [-0.39, 0.29) is 6.61 Å². The lowest BCUT2D eigenvalue weighted by Crippen LogP contribution is -2.02. The molecule has 0 aliphatic rings. The van der Waals surface area contributed by atoms with Crippen molar-refractivity contribution >= 4 is 15.9 Å². The molecule has 1 aromatic rings. The van der Waals surface area contributed by atoms with Gasteiger partial charge >= 0.3 is 0 Å². The molecule has 0 saturated carbocycles. The Balaban J connectivity index is 3.01. The Kier molecular flexibility index (Phi) is 2.45. The highest BCUT2D eigenvalue weighted by molar-refractivity contribution is 9.10. The highest BCUT2D eigenvalue weighted by Crippen LogP contribution is 2.15. The number of aromatic nitrogens is 2. The number of halogens is 1. The highest BCUT2D eigenvalue weighted by atomic mass is 79.9. The van der Waals surface area contributed by atoms with Crippen LogP contribution in [0.25, 0.3) is 0 Å². The summed E-state index contributed by atoms with van der Waals surface area (Å²) in [5.41, 5.74) is 0.836. The molecule has 0 atom stereocenters. The summed E-state index contributed by atoms with van der Waals surface area (Å²) in [4.78, 5) is 0. The smallest absolute Gasteiger partial charge is 0.0861 e. The fraction of sp³-hybridized carbons (Fsp3) is 0.500. The standard InChI is InChI=1S/C6H9BrN2O/c1-2-9-6(4-10)5(7)3-8-9/h3,10H,2,4H2,1H3. The summed E-state index contributed by atoms with van der Waals surface area (Å²) in [5, 5.41) is 12.8. The SMILES string of the molecule is CCn1ncc(Br)c1CO. The van der Waals surface area contributed by atoms with Crippen LogP contribution < -0.4 is 0 Å². The molecule has 1 N–H and O–H groups in total. The van der Waals surface area contributed by atoms with Crippen molar-refractivity contribution in [2.24, 2.45) is 0 Å². The van der Waals surface area contributed by atoms with Crippen LogP contribution in [0.4, 0.5) is 0 Å². The van der Waals surface area contributed by atoms with Crippen LogP contribution in [0.15, 0.2) is 10.7 Å². The van der Waals surface area contributed by atoms with Crippen molar-refractivity contribution < 1.29 is 5.11 Å². The van der Waals surface area contributed by atoms with Gasteiger partial charge in [0.1, 0.15) is 0 Å². The number of aryl methyl sites for hydroxylation is 1. The molecular formula is C6H9BrN2O. The van der Waals surface area contributed by atoms with Crippen molar-refractivity contribution in [3.05, 3.63) is 16.4 Å². The molecule has 56 valence electrons. The third kappa shape index (κ3) is 1.22. The molecule has 0 spiro atoms. The maximum absolute atomic E-state index is 8.83. The van der Waals surface area contributed by atoms with E-state index in [1.54, 1.807) is 10.9 Å². The van der Waals surface area contributed by atoms with E-state index in [1.807, 2.05) is 6.92 Å². The molecule has 0 bridgehead atoms. The minimum absolute atomic E-state index is 0.0361. The summed E-state index contributed by atoms with van der Waals surface area (Å²) < 4.78 is 2.63. The number of aliphatic hydroxyl groups excluding tert-OH is 1. The van der Waals surface area contributed by atoms with Crippen LogP contribution in [-0.4, -0.2) is 14.9 Å². The minimum Gasteiger partial charge on any atom is -0.390 e. The van der Waals surface area contributed by atoms with Gasteiger partial charge in [-0.25, -0.2) is 0 Å². The van der Waals surface area contributed by atoms with E-state index in [4.69, 9.17) is 5.11 Å². The van der Waals surface area contributed by atoms with Crippen molar-refractivity contribution in [2.45, 2.75) is 20.1 Å². The largest absolute Gasteiger partial charge is 0.390 e. The molecule has 0 amide bonds. The van der Waals surface area contributed by atoms with Gasteiger partial charge in [-0.05, 0) is 22.9 Å². The Hall–Kier alpha value is -0.350. The normalized spacial score (nSPS) is 10.3. The van der Waals surface area contributed by atoms with Gasteiger partial charge in [-0.3, -0.25) is 4.68 Å². The van der Waals surface area contributed by atoms with Crippen LogP contribution in [0.3, 0.4) is 0 Å². The van der Waals surface area contributed by atoms with Gasteiger partial charge in [-0.15, -0.1) is 0 Å². The fourth-order valence-corrected chi connectivity index (χ4v) is 1.24. The van der Waals surface area contributed by atoms with Gasteiger partial charge in [-0.1, -0.05) is 0 Å². The summed E-state index contributed by atoms with van der Waals surface area (Å²) in [5.74, 6) is 0.